The largest absolute Gasteiger partial charge is 0.480 e. The second-order valence-corrected chi connectivity index (χ2v) is 8.83. The number of amides is 2. The zero-order valence-electron chi connectivity index (χ0n) is 17.9. The molecule has 0 aliphatic heterocycles. The SMILES string of the molecule is Cc1cccc(N(CC(=O)O)C(=O)C2CCC([C@H](N)C(=O)N(C)C3CCC3)CC2)c1. The third-order valence-electron chi connectivity index (χ3n) is 6.76. The molecule has 0 bridgehead atoms. The van der Waals surface area contributed by atoms with Crippen molar-refractivity contribution < 1.29 is 19.5 Å². The van der Waals surface area contributed by atoms with E-state index in [1.807, 2.05) is 32.2 Å². The maximum Gasteiger partial charge on any atom is 0.323 e. The topological polar surface area (TPSA) is 104 Å². The van der Waals surface area contributed by atoms with Gasteiger partial charge in [0.2, 0.25) is 11.8 Å². The molecule has 1 aromatic carbocycles. The number of nitrogens with two attached hydrogens (primary N) is 1. The van der Waals surface area contributed by atoms with Gasteiger partial charge in [-0.3, -0.25) is 14.4 Å². The summed E-state index contributed by atoms with van der Waals surface area (Å²) < 4.78 is 0. The minimum absolute atomic E-state index is 0.00161. The lowest BCUT2D eigenvalue weighted by Crippen LogP contribution is -2.52. The zero-order chi connectivity index (χ0) is 21.8. The standard InChI is InChI=1S/C23H33N3O4/c1-15-5-3-8-19(13-15)26(14-20(27)28)22(29)17-11-9-16(10-12-17)21(24)23(30)25(2)18-6-4-7-18/h3,5,8,13,16-18,21H,4,6-7,9-12,14,24H2,1-2H3,(H,27,28)/t16?,17?,21-/m0/s1. The fourth-order valence-electron chi connectivity index (χ4n) is 4.56. The maximum absolute atomic E-state index is 13.2. The monoisotopic (exact) mass is 415 g/mol. The molecule has 2 aliphatic carbocycles. The van der Waals surface area contributed by atoms with Crippen molar-refractivity contribution in [2.75, 3.05) is 18.5 Å². The second-order valence-electron chi connectivity index (χ2n) is 8.83. The van der Waals surface area contributed by atoms with Crippen LogP contribution < -0.4 is 10.6 Å². The molecule has 2 aliphatic rings. The lowest BCUT2D eigenvalue weighted by Gasteiger charge is -2.39. The molecule has 0 spiro atoms. The van der Waals surface area contributed by atoms with Crippen LogP contribution in [0.2, 0.25) is 0 Å². The molecular weight excluding hydrogens is 382 g/mol. The predicted molar refractivity (Wildman–Crippen MR) is 115 cm³/mol. The van der Waals surface area contributed by atoms with Gasteiger partial charge in [-0.25, -0.2) is 0 Å². The Labute approximate surface area is 178 Å². The van der Waals surface area contributed by atoms with Gasteiger partial charge in [0.15, 0.2) is 0 Å². The smallest absolute Gasteiger partial charge is 0.323 e. The van der Waals surface area contributed by atoms with Gasteiger partial charge in [0.1, 0.15) is 6.54 Å². The number of carbonyl (C=O) groups is 3. The summed E-state index contributed by atoms with van der Waals surface area (Å²) in [4.78, 5) is 40.4. The van der Waals surface area contributed by atoms with Crippen molar-refractivity contribution in [1.29, 1.82) is 0 Å². The van der Waals surface area contributed by atoms with Crippen LogP contribution in [-0.2, 0) is 14.4 Å². The summed E-state index contributed by atoms with van der Waals surface area (Å²) in [5.74, 6) is -1.37. The lowest BCUT2D eigenvalue weighted by atomic mass is 9.77. The van der Waals surface area contributed by atoms with E-state index in [-0.39, 0.29) is 30.2 Å². The van der Waals surface area contributed by atoms with E-state index in [0.717, 1.165) is 18.4 Å². The summed E-state index contributed by atoms with van der Waals surface area (Å²) in [6, 6.07) is 7.13. The lowest BCUT2D eigenvalue weighted by molar-refractivity contribution is -0.138. The Kier molecular flexibility index (Phi) is 7.13. The molecule has 1 atom stereocenters. The van der Waals surface area contributed by atoms with Crippen molar-refractivity contribution >= 4 is 23.5 Å². The number of carboxylic acid groups (broad SMARTS) is 1. The fraction of sp³-hybridized carbons (Fsp3) is 0.609. The Morgan fingerprint density at radius 1 is 1.13 bits per heavy atom. The molecule has 7 nitrogen and oxygen atoms in total. The summed E-state index contributed by atoms with van der Waals surface area (Å²) in [5.41, 5.74) is 7.88. The van der Waals surface area contributed by atoms with Crippen LogP contribution in [0, 0.1) is 18.8 Å². The van der Waals surface area contributed by atoms with Crippen LogP contribution in [0.4, 0.5) is 5.69 Å². The average Bonchev–Trinajstić information content (AvgIpc) is 2.69. The summed E-state index contributed by atoms with van der Waals surface area (Å²) in [6.07, 6.45) is 5.92. The van der Waals surface area contributed by atoms with E-state index in [1.54, 1.807) is 11.0 Å². The van der Waals surface area contributed by atoms with E-state index in [0.29, 0.717) is 37.4 Å². The Bertz CT molecular complexity index is 784. The van der Waals surface area contributed by atoms with Gasteiger partial charge in [0, 0.05) is 24.7 Å². The third kappa shape index (κ3) is 5.01. The highest BCUT2D eigenvalue weighted by Crippen LogP contribution is 2.34. The van der Waals surface area contributed by atoms with E-state index in [9.17, 15) is 19.5 Å². The number of likely N-dealkylation sites (N-methyl/N-ethyl adjacent to an activating group) is 1. The van der Waals surface area contributed by atoms with E-state index >= 15 is 0 Å². The van der Waals surface area contributed by atoms with E-state index < -0.39 is 12.0 Å². The zero-order valence-corrected chi connectivity index (χ0v) is 17.9. The number of hydrogen-bond donors (Lipinski definition) is 2. The molecule has 1 aromatic rings. The number of rotatable bonds is 7. The van der Waals surface area contributed by atoms with Gasteiger partial charge in [-0.05, 0) is 75.5 Å². The summed E-state index contributed by atoms with van der Waals surface area (Å²) in [6.45, 7) is 1.56. The summed E-state index contributed by atoms with van der Waals surface area (Å²) >= 11 is 0. The number of carbonyl (C=O) groups excluding carboxylic acids is 2. The van der Waals surface area contributed by atoms with Crippen molar-refractivity contribution in [3.8, 4) is 0 Å². The first kappa shape index (κ1) is 22.3. The molecule has 0 unspecified atom stereocenters. The predicted octanol–water partition coefficient (Wildman–Crippen LogP) is 2.56. The molecule has 3 rings (SSSR count). The first-order chi connectivity index (χ1) is 14.3. The molecule has 30 heavy (non-hydrogen) atoms. The van der Waals surface area contributed by atoms with Gasteiger partial charge < -0.3 is 20.6 Å². The molecule has 0 saturated heterocycles. The highest BCUT2D eigenvalue weighted by atomic mass is 16.4. The van der Waals surface area contributed by atoms with E-state index in [2.05, 4.69) is 0 Å². The van der Waals surface area contributed by atoms with Crippen molar-refractivity contribution in [2.45, 2.75) is 64.0 Å². The Morgan fingerprint density at radius 2 is 1.80 bits per heavy atom. The molecule has 2 amide bonds. The molecule has 7 heteroatoms. The van der Waals surface area contributed by atoms with Gasteiger partial charge in [0.25, 0.3) is 0 Å². The van der Waals surface area contributed by atoms with Crippen LogP contribution in [0.1, 0.15) is 50.5 Å². The number of carboxylic acids is 1. The van der Waals surface area contributed by atoms with Crippen LogP contribution >= 0.6 is 0 Å². The van der Waals surface area contributed by atoms with Gasteiger partial charge >= 0.3 is 5.97 Å². The second kappa shape index (κ2) is 9.60. The number of aliphatic carboxylic acids is 1. The molecule has 0 radical (unpaired) electrons. The van der Waals surface area contributed by atoms with Gasteiger partial charge in [0.05, 0.1) is 6.04 Å². The number of aryl methyl sites for hydroxylation is 1. The van der Waals surface area contributed by atoms with Crippen LogP contribution in [0.3, 0.4) is 0 Å². The van der Waals surface area contributed by atoms with E-state index in [4.69, 9.17) is 5.73 Å². The summed E-state index contributed by atoms with van der Waals surface area (Å²) in [5, 5.41) is 9.31. The normalized spacial score (nSPS) is 22.6. The molecule has 164 valence electrons. The number of anilines is 1. The minimum atomic E-state index is -1.04. The van der Waals surface area contributed by atoms with Gasteiger partial charge in [-0.1, -0.05) is 12.1 Å². The number of hydrogen-bond acceptors (Lipinski definition) is 4. The van der Waals surface area contributed by atoms with Crippen molar-refractivity contribution in [3.63, 3.8) is 0 Å². The Hall–Kier alpha value is -2.41. The molecule has 0 heterocycles. The van der Waals surface area contributed by atoms with Crippen molar-refractivity contribution in [3.05, 3.63) is 29.8 Å². The van der Waals surface area contributed by atoms with Crippen molar-refractivity contribution in [1.82, 2.24) is 4.90 Å². The highest BCUT2D eigenvalue weighted by Gasteiger charge is 2.37. The van der Waals surface area contributed by atoms with Gasteiger partial charge in [-0.15, -0.1) is 0 Å². The average molecular weight is 416 g/mol. The van der Waals surface area contributed by atoms with Crippen LogP contribution in [-0.4, -0.2) is 53.5 Å². The third-order valence-corrected chi connectivity index (χ3v) is 6.76. The van der Waals surface area contributed by atoms with E-state index in [1.165, 1.54) is 11.3 Å². The van der Waals surface area contributed by atoms with Gasteiger partial charge in [-0.2, -0.15) is 0 Å². The number of benzene rings is 1. The molecular formula is C23H33N3O4. The minimum Gasteiger partial charge on any atom is -0.480 e. The fourth-order valence-corrected chi connectivity index (χ4v) is 4.56. The first-order valence-corrected chi connectivity index (χ1v) is 10.9. The number of nitrogens with zero attached hydrogens (tertiary/aromatic N) is 2. The maximum atomic E-state index is 13.2. The highest BCUT2D eigenvalue weighted by molar-refractivity contribution is 5.98. The molecule has 0 aromatic heterocycles. The van der Waals surface area contributed by atoms with Crippen LogP contribution in [0.15, 0.2) is 24.3 Å². The Balaban J connectivity index is 1.61. The summed E-state index contributed by atoms with van der Waals surface area (Å²) in [7, 11) is 1.84. The Morgan fingerprint density at radius 3 is 2.33 bits per heavy atom. The molecule has 2 fully saturated rings. The van der Waals surface area contributed by atoms with Crippen LogP contribution in [0.5, 0.6) is 0 Å². The molecule has 2 saturated carbocycles. The van der Waals surface area contributed by atoms with Crippen LogP contribution in [0.25, 0.3) is 0 Å². The molecule has 3 N–H and O–H groups in total. The van der Waals surface area contributed by atoms with Crippen molar-refractivity contribution in [2.24, 2.45) is 17.6 Å². The first-order valence-electron chi connectivity index (χ1n) is 10.9. The quantitative estimate of drug-likeness (QED) is 0.712.